The van der Waals surface area contributed by atoms with Crippen molar-refractivity contribution in [3.05, 3.63) is 12.0 Å². The fourth-order valence-electron chi connectivity index (χ4n) is 0.942. The molecule has 0 rings (SSSR count). The van der Waals surface area contributed by atoms with Crippen molar-refractivity contribution >= 4 is 25.3 Å². The molecule has 0 saturated carbocycles. The summed E-state index contributed by atoms with van der Waals surface area (Å²) in [4.78, 5) is 36.7. The maximum atomic E-state index is 11.3. The lowest BCUT2D eigenvalue weighted by Crippen LogP contribution is -2.27. The van der Waals surface area contributed by atoms with E-state index in [1.54, 1.807) is 11.9 Å². The molecule has 2 amide bonds. The average molecular weight is 240 g/mol. The summed E-state index contributed by atoms with van der Waals surface area (Å²) in [6.07, 6.45) is 2.89. The van der Waals surface area contributed by atoms with E-state index in [0.717, 1.165) is 6.29 Å². The molecule has 2 N–H and O–H groups in total. The lowest BCUT2D eigenvalue weighted by atomic mass is 10.4. The molecule has 0 spiro atoms. The predicted molar refractivity (Wildman–Crippen MR) is 63.2 cm³/mol. The van der Waals surface area contributed by atoms with E-state index in [2.05, 4.69) is 22.3 Å². The summed E-state index contributed by atoms with van der Waals surface area (Å²) in [5, 5.41) is 4.86. The van der Waals surface area contributed by atoms with Crippen molar-refractivity contribution in [1.29, 1.82) is 0 Å². The Morgan fingerprint density at radius 3 is 2.71 bits per heavy atom. The number of carbonyl (C=O) groups is 3. The summed E-state index contributed by atoms with van der Waals surface area (Å²) in [6, 6.07) is 0. The van der Waals surface area contributed by atoms with Gasteiger partial charge in [0.1, 0.15) is 12.1 Å². The highest BCUT2D eigenvalue weighted by molar-refractivity contribution is 5.78. The third kappa shape index (κ3) is 7.71. The molecule has 0 heterocycles. The van der Waals surface area contributed by atoms with E-state index in [4.69, 9.17) is 0 Å². The molecular weight excluding hydrogens is 224 g/mol. The number of likely N-dealkylation sites (N-methyl/N-ethyl adjacent to an activating group) is 1. The SMILES string of the molecule is C=N/C(=C\N(C)CC=O)NC(=O)CCNC=O. The van der Waals surface area contributed by atoms with Crippen molar-refractivity contribution in [3.63, 3.8) is 0 Å². The summed E-state index contributed by atoms with van der Waals surface area (Å²) in [6.45, 7) is 3.75. The largest absolute Gasteiger partial charge is 0.370 e. The quantitative estimate of drug-likeness (QED) is 0.303. The highest BCUT2D eigenvalue weighted by Crippen LogP contribution is 1.94. The van der Waals surface area contributed by atoms with E-state index in [1.165, 1.54) is 6.20 Å². The zero-order valence-electron chi connectivity index (χ0n) is 9.68. The van der Waals surface area contributed by atoms with Gasteiger partial charge in [-0.1, -0.05) is 0 Å². The molecule has 0 saturated heterocycles. The second-order valence-electron chi connectivity index (χ2n) is 3.15. The molecule has 0 radical (unpaired) electrons. The Bertz CT molecular complexity index is 315. The first-order valence-corrected chi connectivity index (χ1v) is 4.93. The number of hydrogen-bond acceptors (Lipinski definition) is 5. The number of aldehydes is 1. The molecule has 0 aromatic carbocycles. The third-order valence-electron chi connectivity index (χ3n) is 1.72. The number of nitrogens with one attached hydrogen (secondary N) is 2. The molecular formula is C10H16N4O3. The number of rotatable bonds is 9. The lowest BCUT2D eigenvalue weighted by Gasteiger charge is -2.12. The van der Waals surface area contributed by atoms with Gasteiger partial charge in [-0.15, -0.1) is 0 Å². The maximum Gasteiger partial charge on any atom is 0.227 e. The Hall–Kier alpha value is -2.18. The number of carbonyl (C=O) groups excluding carboxylic acids is 3. The summed E-state index contributed by atoms with van der Waals surface area (Å²) < 4.78 is 0. The van der Waals surface area contributed by atoms with E-state index in [0.29, 0.717) is 6.41 Å². The van der Waals surface area contributed by atoms with Crippen molar-refractivity contribution in [3.8, 4) is 0 Å². The Labute approximate surface area is 99.6 Å². The van der Waals surface area contributed by atoms with Gasteiger partial charge in [0.05, 0.1) is 6.54 Å². The molecule has 0 atom stereocenters. The van der Waals surface area contributed by atoms with Gasteiger partial charge in [0.2, 0.25) is 12.3 Å². The van der Waals surface area contributed by atoms with Crippen LogP contribution in [-0.4, -0.2) is 50.4 Å². The minimum absolute atomic E-state index is 0.142. The van der Waals surface area contributed by atoms with Crippen molar-refractivity contribution in [2.75, 3.05) is 20.1 Å². The number of aliphatic imine (C=N–C) groups is 1. The average Bonchev–Trinajstić information content (AvgIpc) is 2.28. The van der Waals surface area contributed by atoms with Crippen molar-refractivity contribution < 1.29 is 14.4 Å². The van der Waals surface area contributed by atoms with Crippen LogP contribution in [0.25, 0.3) is 0 Å². The minimum Gasteiger partial charge on any atom is -0.370 e. The fourth-order valence-corrected chi connectivity index (χ4v) is 0.942. The highest BCUT2D eigenvalue weighted by Gasteiger charge is 2.03. The molecule has 0 aliphatic rings. The van der Waals surface area contributed by atoms with Crippen LogP contribution >= 0.6 is 0 Å². The van der Waals surface area contributed by atoms with Crippen molar-refractivity contribution in [2.24, 2.45) is 4.99 Å². The first kappa shape index (κ1) is 14.8. The molecule has 7 heteroatoms. The van der Waals surface area contributed by atoms with Crippen molar-refractivity contribution in [1.82, 2.24) is 15.5 Å². The fraction of sp³-hybridized carbons (Fsp3) is 0.400. The number of hydrogen-bond donors (Lipinski definition) is 2. The van der Waals surface area contributed by atoms with Crippen LogP contribution in [0.4, 0.5) is 0 Å². The normalized spacial score (nSPS) is 10.3. The lowest BCUT2D eigenvalue weighted by molar-refractivity contribution is -0.120. The van der Waals surface area contributed by atoms with Crippen LogP contribution in [0.5, 0.6) is 0 Å². The summed E-state index contributed by atoms with van der Waals surface area (Å²) in [7, 11) is 1.67. The summed E-state index contributed by atoms with van der Waals surface area (Å²) in [5.74, 6) is -0.0389. The zero-order valence-corrected chi connectivity index (χ0v) is 9.68. The van der Waals surface area contributed by atoms with Crippen LogP contribution in [0, 0.1) is 0 Å². The molecule has 94 valence electrons. The van der Waals surface area contributed by atoms with Gasteiger partial charge in [-0.25, -0.2) is 4.99 Å². The number of nitrogens with zero attached hydrogens (tertiary/aromatic N) is 2. The summed E-state index contributed by atoms with van der Waals surface area (Å²) in [5.41, 5.74) is 0. The monoisotopic (exact) mass is 240 g/mol. The van der Waals surface area contributed by atoms with Gasteiger partial charge in [0.15, 0.2) is 0 Å². The van der Waals surface area contributed by atoms with Crippen molar-refractivity contribution in [2.45, 2.75) is 6.42 Å². The third-order valence-corrected chi connectivity index (χ3v) is 1.72. The second kappa shape index (κ2) is 9.08. The molecule has 7 nitrogen and oxygen atoms in total. The molecule has 0 aromatic heterocycles. The Morgan fingerprint density at radius 2 is 2.18 bits per heavy atom. The van der Waals surface area contributed by atoms with E-state index in [1.807, 2.05) is 0 Å². The van der Waals surface area contributed by atoms with Gasteiger partial charge in [0, 0.05) is 26.2 Å². The Kier molecular flexibility index (Phi) is 7.91. The Morgan fingerprint density at radius 1 is 1.47 bits per heavy atom. The maximum absolute atomic E-state index is 11.3. The van der Waals surface area contributed by atoms with Gasteiger partial charge >= 0.3 is 0 Å². The molecule has 0 bridgehead atoms. The molecule has 0 aliphatic carbocycles. The van der Waals surface area contributed by atoms with Crippen LogP contribution in [0.2, 0.25) is 0 Å². The van der Waals surface area contributed by atoms with Gasteiger partial charge in [0.25, 0.3) is 0 Å². The molecule has 0 unspecified atom stereocenters. The molecule has 0 fully saturated rings. The standard InChI is InChI=1S/C10H16N4O3/c1-11-9(7-14(2)5-6-15)13-10(17)3-4-12-8-16/h6-8H,1,3-5H2,2H3,(H,12,16)(H,13,17)/b9-7+. The van der Waals surface area contributed by atoms with E-state index in [-0.39, 0.29) is 31.2 Å². The Balaban J connectivity index is 4.19. The van der Waals surface area contributed by atoms with Crippen LogP contribution in [0.1, 0.15) is 6.42 Å². The van der Waals surface area contributed by atoms with Gasteiger partial charge in [-0.2, -0.15) is 0 Å². The van der Waals surface area contributed by atoms with E-state index in [9.17, 15) is 14.4 Å². The van der Waals surface area contributed by atoms with Crippen LogP contribution in [-0.2, 0) is 14.4 Å². The van der Waals surface area contributed by atoms with Crippen LogP contribution in [0.15, 0.2) is 17.0 Å². The van der Waals surface area contributed by atoms with Crippen LogP contribution in [0.3, 0.4) is 0 Å². The smallest absolute Gasteiger partial charge is 0.227 e. The van der Waals surface area contributed by atoms with Gasteiger partial charge in [-0.05, 0) is 6.72 Å². The van der Waals surface area contributed by atoms with E-state index < -0.39 is 0 Å². The second-order valence-corrected chi connectivity index (χ2v) is 3.15. The molecule has 0 aliphatic heterocycles. The number of amides is 2. The van der Waals surface area contributed by atoms with Gasteiger partial charge < -0.3 is 20.3 Å². The minimum atomic E-state index is -0.294. The van der Waals surface area contributed by atoms with Crippen LogP contribution < -0.4 is 10.6 Å². The first-order chi connectivity index (χ1) is 8.13. The zero-order chi connectivity index (χ0) is 13.1. The molecule has 0 aromatic rings. The molecule has 17 heavy (non-hydrogen) atoms. The highest BCUT2D eigenvalue weighted by atomic mass is 16.2. The first-order valence-electron chi connectivity index (χ1n) is 4.93. The predicted octanol–water partition coefficient (Wildman–Crippen LogP) is -1.13. The van der Waals surface area contributed by atoms with Gasteiger partial charge in [-0.3, -0.25) is 9.59 Å². The van der Waals surface area contributed by atoms with E-state index >= 15 is 0 Å². The summed E-state index contributed by atoms with van der Waals surface area (Å²) >= 11 is 0. The topological polar surface area (TPSA) is 90.9 Å².